The highest BCUT2D eigenvalue weighted by Crippen LogP contribution is 2.29. The smallest absolute Gasteiger partial charge is 0.338 e. The van der Waals surface area contributed by atoms with Gasteiger partial charge >= 0.3 is 5.97 Å². The Kier molecular flexibility index (Phi) is 6.33. The fourth-order valence-electron chi connectivity index (χ4n) is 3.82. The Morgan fingerprint density at radius 2 is 1.59 bits per heavy atom. The molecule has 1 fully saturated rings. The summed E-state index contributed by atoms with van der Waals surface area (Å²) < 4.78 is 5.92. The summed E-state index contributed by atoms with van der Waals surface area (Å²) in [5, 5.41) is 3.35. The van der Waals surface area contributed by atoms with E-state index in [4.69, 9.17) is 4.74 Å². The minimum absolute atomic E-state index is 0.155. The first-order valence-corrected chi connectivity index (χ1v) is 11.2. The molecule has 3 nitrogen and oxygen atoms in total. The molecule has 148 valence electrons. The van der Waals surface area contributed by atoms with Crippen LogP contribution in [-0.4, -0.2) is 31.4 Å². The van der Waals surface area contributed by atoms with Crippen molar-refractivity contribution in [2.24, 2.45) is 0 Å². The quantitative estimate of drug-likeness (QED) is 0.459. The largest absolute Gasteiger partial charge is 0.457 e. The number of nitrogens with one attached hydrogen (secondary N) is 1. The first-order chi connectivity index (χ1) is 14.2. The summed E-state index contributed by atoms with van der Waals surface area (Å²) in [7, 11) is 0. The van der Waals surface area contributed by atoms with Crippen LogP contribution >= 0.6 is 11.8 Å². The van der Waals surface area contributed by atoms with Crippen molar-refractivity contribution in [3.63, 3.8) is 0 Å². The zero-order valence-corrected chi connectivity index (χ0v) is 17.3. The van der Waals surface area contributed by atoms with Crippen molar-refractivity contribution in [3.05, 3.63) is 90.0 Å². The van der Waals surface area contributed by atoms with Gasteiger partial charge in [0, 0.05) is 17.4 Å². The Hall–Kier alpha value is -2.56. The number of piperidine rings is 1. The number of carbonyl (C=O) groups is 1. The van der Waals surface area contributed by atoms with E-state index >= 15 is 0 Å². The lowest BCUT2D eigenvalue weighted by Crippen LogP contribution is -2.42. The van der Waals surface area contributed by atoms with Gasteiger partial charge in [-0.05, 0) is 60.2 Å². The van der Waals surface area contributed by atoms with E-state index in [-0.39, 0.29) is 18.0 Å². The fourth-order valence-corrected chi connectivity index (χ4v) is 4.23. The summed E-state index contributed by atoms with van der Waals surface area (Å²) in [6.07, 6.45) is 2.88. The lowest BCUT2D eigenvalue weighted by atomic mass is 9.88. The Morgan fingerprint density at radius 3 is 2.24 bits per heavy atom. The van der Waals surface area contributed by atoms with Crippen LogP contribution in [0.15, 0.2) is 83.8 Å². The van der Waals surface area contributed by atoms with Crippen molar-refractivity contribution in [2.75, 3.05) is 19.3 Å². The number of rotatable bonds is 5. The molecule has 0 bridgehead atoms. The van der Waals surface area contributed by atoms with Crippen molar-refractivity contribution in [1.29, 1.82) is 0 Å². The first kappa shape index (κ1) is 19.7. The van der Waals surface area contributed by atoms with E-state index in [1.807, 2.05) is 42.5 Å². The van der Waals surface area contributed by atoms with E-state index in [0.29, 0.717) is 12.1 Å². The molecule has 3 aromatic carbocycles. The molecular weight excluding hydrogens is 378 g/mol. The van der Waals surface area contributed by atoms with Crippen LogP contribution in [0.3, 0.4) is 0 Å². The zero-order valence-electron chi connectivity index (χ0n) is 16.5. The molecule has 4 heteroatoms. The van der Waals surface area contributed by atoms with E-state index in [1.165, 1.54) is 10.5 Å². The number of esters is 1. The second-order valence-corrected chi connectivity index (χ2v) is 8.14. The molecule has 0 aromatic heterocycles. The third-order valence-corrected chi connectivity index (χ3v) is 6.20. The van der Waals surface area contributed by atoms with Gasteiger partial charge in [-0.15, -0.1) is 11.8 Å². The predicted octanol–water partition coefficient (Wildman–Crippen LogP) is 5.38. The molecule has 0 radical (unpaired) electrons. The molecule has 1 N–H and O–H groups in total. The number of hydrogen-bond donors (Lipinski definition) is 1. The van der Waals surface area contributed by atoms with E-state index in [1.54, 1.807) is 11.8 Å². The van der Waals surface area contributed by atoms with Gasteiger partial charge in [0.1, 0.15) is 6.10 Å². The minimum atomic E-state index is -0.260. The Morgan fingerprint density at radius 1 is 0.931 bits per heavy atom. The summed E-state index contributed by atoms with van der Waals surface area (Å²) in [4.78, 5) is 14.0. The van der Waals surface area contributed by atoms with Gasteiger partial charge in [-0.1, -0.05) is 54.6 Å². The fraction of sp³-hybridized carbons (Fsp3) is 0.240. The predicted molar refractivity (Wildman–Crippen MR) is 120 cm³/mol. The highest BCUT2D eigenvalue weighted by molar-refractivity contribution is 7.98. The van der Waals surface area contributed by atoms with Crippen molar-refractivity contribution in [3.8, 4) is 11.1 Å². The molecule has 1 aliphatic heterocycles. The van der Waals surface area contributed by atoms with Crippen LogP contribution in [0.2, 0.25) is 0 Å². The van der Waals surface area contributed by atoms with Crippen LogP contribution in [0.25, 0.3) is 11.1 Å². The maximum atomic E-state index is 12.8. The highest BCUT2D eigenvalue weighted by atomic mass is 32.2. The summed E-state index contributed by atoms with van der Waals surface area (Å²) in [6.45, 7) is 1.63. The second kappa shape index (κ2) is 9.29. The van der Waals surface area contributed by atoms with Crippen molar-refractivity contribution in [2.45, 2.75) is 23.3 Å². The van der Waals surface area contributed by atoms with Crippen LogP contribution in [0, 0.1) is 0 Å². The number of thioether (sulfide) groups is 1. The van der Waals surface area contributed by atoms with E-state index < -0.39 is 0 Å². The van der Waals surface area contributed by atoms with E-state index in [0.717, 1.165) is 24.1 Å². The van der Waals surface area contributed by atoms with Crippen LogP contribution in [0.1, 0.15) is 28.3 Å². The van der Waals surface area contributed by atoms with Crippen LogP contribution in [-0.2, 0) is 4.74 Å². The lowest BCUT2D eigenvalue weighted by molar-refractivity contribution is 0.0182. The Balaban J connectivity index is 1.46. The van der Waals surface area contributed by atoms with E-state index in [2.05, 4.69) is 48.0 Å². The normalized spacial score (nSPS) is 18.9. The van der Waals surface area contributed by atoms with Crippen molar-refractivity contribution < 1.29 is 9.53 Å². The standard InChI is InChI=1S/C25H25NO2S/c1-29-22-13-11-19(12-14-22)18-7-9-21(10-8-18)25(27)28-24-17-26-16-15-23(24)20-5-3-2-4-6-20/h2-14,23-24,26H,15-17H2,1H3/t23?,24-/m1/s1. The summed E-state index contributed by atoms with van der Waals surface area (Å²) in [5.74, 6) is -0.0282. The molecule has 0 amide bonds. The molecule has 1 unspecified atom stereocenters. The van der Waals surface area contributed by atoms with Crippen molar-refractivity contribution >= 4 is 17.7 Å². The van der Waals surface area contributed by atoms with Gasteiger partial charge in [0.2, 0.25) is 0 Å². The van der Waals surface area contributed by atoms with E-state index in [9.17, 15) is 4.79 Å². The highest BCUT2D eigenvalue weighted by Gasteiger charge is 2.29. The molecule has 0 spiro atoms. The molecule has 0 aliphatic carbocycles. The number of carbonyl (C=O) groups excluding carboxylic acids is 1. The average Bonchev–Trinajstić information content (AvgIpc) is 2.80. The van der Waals surface area contributed by atoms with Crippen molar-refractivity contribution in [1.82, 2.24) is 5.32 Å². The molecule has 0 saturated carbocycles. The summed E-state index contributed by atoms with van der Waals surface area (Å²) in [6, 6.07) is 26.5. The molecule has 3 aromatic rings. The minimum Gasteiger partial charge on any atom is -0.457 e. The van der Waals surface area contributed by atoms with Gasteiger partial charge in [0.05, 0.1) is 5.56 Å². The first-order valence-electron chi connectivity index (χ1n) is 9.96. The zero-order chi connectivity index (χ0) is 20.1. The lowest BCUT2D eigenvalue weighted by Gasteiger charge is -2.32. The third kappa shape index (κ3) is 4.72. The number of benzene rings is 3. The van der Waals surface area contributed by atoms with Crippen LogP contribution < -0.4 is 5.32 Å². The number of ether oxygens (including phenoxy) is 1. The Labute approximate surface area is 176 Å². The average molecular weight is 404 g/mol. The molecule has 1 saturated heterocycles. The third-order valence-electron chi connectivity index (χ3n) is 5.46. The molecule has 4 rings (SSSR count). The monoisotopic (exact) mass is 403 g/mol. The Bertz CT molecular complexity index is 939. The van der Waals surface area contributed by atoms with Gasteiger partial charge < -0.3 is 10.1 Å². The van der Waals surface area contributed by atoms with Gasteiger partial charge in [-0.3, -0.25) is 0 Å². The van der Waals surface area contributed by atoms with Crippen LogP contribution in [0.4, 0.5) is 0 Å². The topological polar surface area (TPSA) is 38.3 Å². The van der Waals surface area contributed by atoms with Gasteiger partial charge in [0.15, 0.2) is 0 Å². The maximum Gasteiger partial charge on any atom is 0.338 e. The molecule has 2 atom stereocenters. The molecule has 1 aliphatic rings. The molecular formula is C25H25NO2S. The van der Waals surface area contributed by atoms with Gasteiger partial charge in [0.25, 0.3) is 0 Å². The summed E-state index contributed by atoms with van der Waals surface area (Å²) >= 11 is 1.73. The van der Waals surface area contributed by atoms with Gasteiger partial charge in [-0.25, -0.2) is 4.79 Å². The number of hydrogen-bond acceptors (Lipinski definition) is 4. The SMILES string of the molecule is CSc1ccc(-c2ccc(C(=O)O[C@@H]3CNCCC3c3ccccc3)cc2)cc1. The van der Waals surface area contributed by atoms with Crippen LogP contribution in [0.5, 0.6) is 0 Å². The molecule has 29 heavy (non-hydrogen) atoms. The summed E-state index contributed by atoms with van der Waals surface area (Å²) in [5.41, 5.74) is 4.06. The molecule has 1 heterocycles. The second-order valence-electron chi connectivity index (χ2n) is 7.26. The van der Waals surface area contributed by atoms with Gasteiger partial charge in [-0.2, -0.15) is 0 Å². The maximum absolute atomic E-state index is 12.8.